The Morgan fingerprint density at radius 3 is 2.50 bits per heavy atom. The molecule has 0 bridgehead atoms. The van der Waals surface area contributed by atoms with Crippen molar-refractivity contribution in [2.24, 2.45) is 0 Å². The van der Waals surface area contributed by atoms with Gasteiger partial charge < -0.3 is 19.5 Å². The molecule has 1 aliphatic heterocycles. The van der Waals surface area contributed by atoms with E-state index in [9.17, 15) is 13.6 Å². The molecule has 178 valence electrons. The van der Waals surface area contributed by atoms with Gasteiger partial charge >= 0.3 is 5.92 Å². The van der Waals surface area contributed by atoms with Crippen LogP contribution in [0.2, 0.25) is 28.2 Å². The summed E-state index contributed by atoms with van der Waals surface area (Å²) < 4.78 is 40.7. The zero-order valence-electron chi connectivity index (χ0n) is 19.2. The van der Waals surface area contributed by atoms with Crippen molar-refractivity contribution in [2.45, 2.75) is 64.1 Å². The molecule has 1 atom stereocenters. The van der Waals surface area contributed by atoms with Crippen molar-refractivity contribution >= 4 is 48.3 Å². The van der Waals surface area contributed by atoms with Gasteiger partial charge in [0.2, 0.25) is 5.91 Å². The summed E-state index contributed by atoms with van der Waals surface area (Å²) in [7, 11) is -2.34. The van der Waals surface area contributed by atoms with Gasteiger partial charge in [-0.1, -0.05) is 44.0 Å². The van der Waals surface area contributed by atoms with E-state index < -0.39 is 33.4 Å². The number of aromatic nitrogens is 1. The van der Waals surface area contributed by atoms with Gasteiger partial charge in [0.25, 0.3) is 0 Å². The lowest BCUT2D eigenvalue weighted by atomic mass is 9.96. The van der Waals surface area contributed by atoms with Crippen molar-refractivity contribution in [2.75, 3.05) is 19.8 Å². The molecule has 0 saturated carbocycles. The number of aromatic amines is 1. The van der Waals surface area contributed by atoms with E-state index in [1.54, 1.807) is 6.92 Å². The number of alkyl halides is 2. The van der Waals surface area contributed by atoms with Crippen LogP contribution in [0.25, 0.3) is 10.9 Å². The number of benzene rings is 1. The largest absolute Gasteiger partial charge is 0.486 e. The fourth-order valence-corrected chi connectivity index (χ4v) is 4.86. The molecule has 2 heterocycles. The Bertz CT molecular complexity index is 1030. The highest BCUT2D eigenvalue weighted by atomic mass is 35.5. The third-order valence-corrected chi connectivity index (χ3v) is 11.7. The van der Waals surface area contributed by atoms with Crippen LogP contribution in [-0.2, 0) is 15.6 Å². The molecule has 10 heteroatoms. The van der Waals surface area contributed by atoms with Gasteiger partial charge in [-0.15, -0.1) is 0 Å². The average Bonchev–Trinajstić information content (AvgIpc) is 3.00. The van der Waals surface area contributed by atoms with Crippen molar-refractivity contribution in [3.63, 3.8) is 0 Å². The van der Waals surface area contributed by atoms with Crippen LogP contribution >= 0.6 is 23.2 Å². The minimum absolute atomic E-state index is 0.144. The number of carbonyl (C=O) groups is 1. The first-order valence-electron chi connectivity index (χ1n) is 10.6. The molecule has 1 aliphatic rings. The number of nitrogens with one attached hydrogen (secondary N) is 2. The number of halogens is 4. The highest BCUT2D eigenvalue weighted by molar-refractivity contribution is 6.74. The van der Waals surface area contributed by atoms with Crippen LogP contribution in [0.5, 0.6) is 5.75 Å². The number of hydrogen-bond donors (Lipinski definition) is 2. The van der Waals surface area contributed by atoms with E-state index in [2.05, 4.69) is 10.3 Å². The van der Waals surface area contributed by atoms with Gasteiger partial charge in [0.05, 0.1) is 21.5 Å². The summed E-state index contributed by atoms with van der Waals surface area (Å²) >= 11 is 12.6. The number of H-pyrrole nitrogens is 1. The normalized spacial score (nSPS) is 17.8. The third kappa shape index (κ3) is 4.93. The zero-order chi connectivity index (χ0) is 24.1. The Kier molecular flexibility index (Phi) is 6.93. The average molecular weight is 507 g/mol. The van der Waals surface area contributed by atoms with E-state index in [4.69, 9.17) is 32.4 Å². The third-order valence-electron chi connectivity index (χ3n) is 6.44. The molecule has 0 aliphatic carbocycles. The van der Waals surface area contributed by atoms with Crippen molar-refractivity contribution in [1.82, 2.24) is 10.3 Å². The molecule has 0 spiro atoms. The summed E-state index contributed by atoms with van der Waals surface area (Å²) in [6.45, 7) is 10.5. The molecule has 3 rings (SSSR count). The van der Waals surface area contributed by atoms with Gasteiger partial charge in [0.15, 0.2) is 14.9 Å². The van der Waals surface area contributed by atoms with Crippen LogP contribution < -0.4 is 10.1 Å². The summed E-state index contributed by atoms with van der Waals surface area (Å²) in [5, 5.41) is 3.63. The minimum Gasteiger partial charge on any atom is -0.486 e. The van der Waals surface area contributed by atoms with E-state index in [-0.39, 0.29) is 26.7 Å². The van der Waals surface area contributed by atoms with Crippen molar-refractivity contribution < 1.29 is 22.7 Å². The first-order valence-corrected chi connectivity index (χ1v) is 14.3. The maximum absolute atomic E-state index is 14.7. The van der Waals surface area contributed by atoms with Gasteiger partial charge in [0, 0.05) is 30.1 Å². The number of amides is 1. The lowest BCUT2D eigenvalue weighted by molar-refractivity contribution is -0.121. The summed E-state index contributed by atoms with van der Waals surface area (Å²) in [6.07, 6.45) is 0.560. The highest BCUT2D eigenvalue weighted by Crippen LogP contribution is 2.44. The number of carbonyl (C=O) groups excluding carboxylic acids is 1. The van der Waals surface area contributed by atoms with Gasteiger partial charge in [-0.3, -0.25) is 4.79 Å². The smallest absolute Gasteiger partial charge is 0.302 e. The first kappa shape index (κ1) is 25.3. The van der Waals surface area contributed by atoms with E-state index in [1.807, 2.05) is 33.9 Å². The number of fused-ring (bicyclic) bond motifs is 3. The van der Waals surface area contributed by atoms with Crippen LogP contribution in [0.15, 0.2) is 6.07 Å². The SMILES string of the molecule is CC1C(=O)NCCc2[nH]c3c(Cl)c(Cl)cc(OCC(F)(F)CO[Si](C)(C)C(C)(C)C)c3c21. The lowest BCUT2D eigenvalue weighted by Crippen LogP contribution is -2.45. The first-order chi connectivity index (χ1) is 14.6. The Hall–Kier alpha value is -1.35. The van der Waals surface area contributed by atoms with Crippen molar-refractivity contribution in [1.29, 1.82) is 0 Å². The molecule has 0 radical (unpaired) electrons. The lowest BCUT2D eigenvalue weighted by Gasteiger charge is -2.37. The number of rotatable bonds is 6. The van der Waals surface area contributed by atoms with E-state index in [1.165, 1.54) is 6.07 Å². The van der Waals surface area contributed by atoms with Gasteiger partial charge in [-0.05, 0) is 30.6 Å². The van der Waals surface area contributed by atoms with Crippen LogP contribution in [0.4, 0.5) is 8.78 Å². The summed E-state index contributed by atoms with van der Waals surface area (Å²) in [5.74, 6) is -3.68. The maximum atomic E-state index is 14.7. The molecule has 2 aromatic rings. The van der Waals surface area contributed by atoms with Crippen LogP contribution in [0, 0.1) is 0 Å². The summed E-state index contributed by atoms with van der Waals surface area (Å²) in [5.41, 5.74) is 2.00. The Morgan fingerprint density at radius 2 is 1.88 bits per heavy atom. The molecule has 5 nitrogen and oxygen atoms in total. The van der Waals surface area contributed by atoms with Crippen LogP contribution in [0.3, 0.4) is 0 Å². The molecule has 1 aromatic carbocycles. The quantitative estimate of drug-likeness (QED) is 0.452. The zero-order valence-corrected chi connectivity index (χ0v) is 21.7. The predicted octanol–water partition coefficient (Wildman–Crippen LogP) is 6.29. The van der Waals surface area contributed by atoms with E-state index in [0.717, 1.165) is 5.69 Å². The molecule has 2 N–H and O–H groups in total. The fraction of sp³-hybridized carbons (Fsp3) is 0.591. The number of hydrogen-bond acceptors (Lipinski definition) is 3. The second-order valence-electron chi connectivity index (χ2n) is 9.89. The Balaban J connectivity index is 1.91. The predicted molar refractivity (Wildman–Crippen MR) is 127 cm³/mol. The van der Waals surface area contributed by atoms with Crippen LogP contribution in [0.1, 0.15) is 44.9 Å². The van der Waals surface area contributed by atoms with E-state index >= 15 is 0 Å². The Labute approximate surface area is 198 Å². The van der Waals surface area contributed by atoms with E-state index in [0.29, 0.717) is 29.4 Å². The second kappa shape index (κ2) is 8.78. The molecule has 1 aromatic heterocycles. The molecule has 1 unspecified atom stereocenters. The van der Waals surface area contributed by atoms with Crippen LogP contribution in [-0.4, -0.2) is 44.9 Å². The molecular weight excluding hydrogens is 477 g/mol. The van der Waals surface area contributed by atoms with Crippen molar-refractivity contribution in [3.05, 3.63) is 27.4 Å². The molecule has 0 fully saturated rings. The van der Waals surface area contributed by atoms with Gasteiger partial charge in [-0.2, -0.15) is 0 Å². The van der Waals surface area contributed by atoms with Crippen molar-refractivity contribution in [3.8, 4) is 5.75 Å². The second-order valence-corrected chi connectivity index (χ2v) is 15.5. The topological polar surface area (TPSA) is 63.4 Å². The van der Waals surface area contributed by atoms with Gasteiger partial charge in [0.1, 0.15) is 12.4 Å². The number of ether oxygens (including phenoxy) is 1. The minimum atomic E-state index is -3.20. The maximum Gasteiger partial charge on any atom is 0.302 e. The standard InChI is InChI=1S/C22H30Cl2F2N2O3Si/c1-12-16-14(7-8-27-20(12)29)28-19-17(16)15(9-13(23)18(19)24)30-10-22(25,26)11-31-32(5,6)21(2,3)4/h9,12,28H,7-8,10-11H2,1-6H3,(H,27,29). The summed E-state index contributed by atoms with van der Waals surface area (Å²) in [4.78, 5) is 15.6. The monoisotopic (exact) mass is 506 g/mol. The molecule has 0 saturated heterocycles. The molecular formula is C22H30Cl2F2N2O3Si. The molecule has 1 amide bonds. The fourth-order valence-electron chi connectivity index (χ4n) is 3.47. The Morgan fingerprint density at radius 1 is 1.22 bits per heavy atom. The highest BCUT2D eigenvalue weighted by Gasteiger charge is 2.41. The summed E-state index contributed by atoms with van der Waals surface area (Å²) in [6, 6.07) is 1.43. The van der Waals surface area contributed by atoms with Gasteiger partial charge in [-0.25, -0.2) is 8.78 Å². The molecule has 32 heavy (non-hydrogen) atoms.